The third-order valence-electron chi connectivity index (χ3n) is 6.27. The van der Waals surface area contributed by atoms with Crippen molar-refractivity contribution in [3.05, 3.63) is 51.4 Å². The van der Waals surface area contributed by atoms with E-state index in [1.54, 1.807) is 42.1 Å². The van der Waals surface area contributed by atoms with Crippen LogP contribution < -0.4 is 10.9 Å². The lowest BCUT2D eigenvalue weighted by molar-refractivity contribution is 0.410. The van der Waals surface area contributed by atoms with Crippen molar-refractivity contribution in [1.29, 1.82) is 0 Å². The standard InChI is InChI=1S/C23H28ClN5O3S/c1-14(2)28(4)33(31,32)18-9-10-20(15(3)11-18)26-23-25-13-16-12-19(24)22(30)29(21(16)27-23)17-7-5-6-8-17/h9-14,17H,5-8H2,1-4H3,(H,25,26,27). The van der Waals surface area contributed by atoms with Gasteiger partial charge in [0.1, 0.15) is 10.7 Å². The van der Waals surface area contributed by atoms with Gasteiger partial charge in [-0.3, -0.25) is 9.36 Å². The Morgan fingerprint density at radius 3 is 2.55 bits per heavy atom. The second kappa shape index (κ2) is 9.04. The van der Waals surface area contributed by atoms with E-state index >= 15 is 0 Å². The first-order valence-electron chi connectivity index (χ1n) is 11.0. The van der Waals surface area contributed by atoms with E-state index < -0.39 is 10.0 Å². The quantitative estimate of drug-likeness (QED) is 0.541. The Morgan fingerprint density at radius 1 is 1.21 bits per heavy atom. The van der Waals surface area contributed by atoms with Gasteiger partial charge >= 0.3 is 0 Å². The summed E-state index contributed by atoms with van der Waals surface area (Å²) in [7, 11) is -2.01. The summed E-state index contributed by atoms with van der Waals surface area (Å²) in [6, 6.07) is 6.43. The molecule has 1 N–H and O–H groups in total. The first-order valence-corrected chi connectivity index (χ1v) is 12.8. The van der Waals surface area contributed by atoms with Gasteiger partial charge in [-0.25, -0.2) is 13.4 Å². The zero-order chi connectivity index (χ0) is 23.9. The Bertz CT molecular complexity index is 1360. The summed E-state index contributed by atoms with van der Waals surface area (Å²) >= 11 is 6.20. The highest BCUT2D eigenvalue weighted by Crippen LogP contribution is 2.31. The smallest absolute Gasteiger partial charge is 0.271 e. The van der Waals surface area contributed by atoms with Crippen LogP contribution in [0.2, 0.25) is 5.02 Å². The molecular weight excluding hydrogens is 462 g/mol. The van der Waals surface area contributed by atoms with E-state index in [2.05, 4.69) is 15.3 Å². The number of hydrogen-bond acceptors (Lipinski definition) is 6. The molecule has 0 radical (unpaired) electrons. The maximum atomic E-state index is 12.8. The molecule has 1 fully saturated rings. The molecule has 2 heterocycles. The minimum atomic E-state index is -3.58. The van der Waals surface area contributed by atoms with Gasteiger partial charge in [0.05, 0.1) is 4.90 Å². The number of nitrogens with zero attached hydrogens (tertiary/aromatic N) is 4. The van der Waals surface area contributed by atoms with E-state index in [-0.39, 0.29) is 27.6 Å². The Balaban J connectivity index is 1.70. The number of sulfonamides is 1. The van der Waals surface area contributed by atoms with Crippen molar-refractivity contribution >= 4 is 44.3 Å². The minimum absolute atomic E-state index is 0.0747. The van der Waals surface area contributed by atoms with E-state index in [4.69, 9.17) is 11.6 Å². The Hall–Kier alpha value is -2.49. The van der Waals surface area contributed by atoms with Crippen molar-refractivity contribution in [2.45, 2.75) is 63.4 Å². The van der Waals surface area contributed by atoms with Gasteiger partial charge in [0.15, 0.2) is 0 Å². The van der Waals surface area contributed by atoms with Gasteiger partial charge in [-0.05, 0) is 63.4 Å². The number of anilines is 2. The molecule has 3 aromatic rings. The normalized spacial score (nSPS) is 15.1. The van der Waals surface area contributed by atoms with Gasteiger partial charge in [0.25, 0.3) is 5.56 Å². The fraction of sp³-hybridized carbons (Fsp3) is 0.435. The van der Waals surface area contributed by atoms with Crippen LogP contribution in [-0.4, -0.2) is 40.3 Å². The number of aromatic nitrogens is 3. The number of pyridine rings is 1. The first kappa shape index (κ1) is 23.7. The molecule has 176 valence electrons. The lowest BCUT2D eigenvalue weighted by Crippen LogP contribution is -2.33. The topological polar surface area (TPSA) is 97.2 Å². The molecule has 0 amide bonds. The number of rotatable bonds is 6. The van der Waals surface area contributed by atoms with E-state index in [1.807, 2.05) is 20.8 Å². The molecule has 10 heteroatoms. The first-order chi connectivity index (χ1) is 15.6. The molecule has 0 unspecified atom stereocenters. The summed E-state index contributed by atoms with van der Waals surface area (Å²) in [5.74, 6) is 0.328. The molecule has 1 aliphatic rings. The average Bonchev–Trinajstić information content (AvgIpc) is 3.30. The molecule has 0 spiro atoms. The van der Waals surface area contributed by atoms with Gasteiger partial charge in [-0.1, -0.05) is 24.4 Å². The molecule has 0 bridgehead atoms. The van der Waals surface area contributed by atoms with E-state index in [1.165, 1.54) is 4.31 Å². The molecule has 1 saturated carbocycles. The lowest BCUT2D eigenvalue weighted by Gasteiger charge is -2.21. The lowest BCUT2D eigenvalue weighted by atomic mass is 10.2. The van der Waals surface area contributed by atoms with Crippen LogP contribution in [0.15, 0.2) is 40.2 Å². The van der Waals surface area contributed by atoms with Crippen LogP contribution in [0.3, 0.4) is 0 Å². The second-order valence-corrected chi connectivity index (χ2v) is 11.2. The van der Waals surface area contributed by atoms with Gasteiger partial charge in [0.2, 0.25) is 16.0 Å². The van der Waals surface area contributed by atoms with Gasteiger partial charge in [0, 0.05) is 36.4 Å². The number of nitrogens with one attached hydrogen (secondary N) is 1. The molecule has 1 aliphatic carbocycles. The Morgan fingerprint density at radius 2 is 1.91 bits per heavy atom. The summed E-state index contributed by atoms with van der Waals surface area (Å²) in [5, 5.41) is 4.03. The third-order valence-corrected chi connectivity index (χ3v) is 8.57. The fourth-order valence-corrected chi connectivity index (χ4v) is 5.81. The summed E-state index contributed by atoms with van der Waals surface area (Å²) in [6.07, 6.45) is 5.63. The fourth-order valence-electron chi connectivity index (χ4n) is 4.15. The molecule has 0 atom stereocenters. The van der Waals surface area contributed by atoms with Gasteiger partial charge < -0.3 is 5.32 Å². The van der Waals surface area contributed by atoms with Gasteiger partial charge in [-0.15, -0.1) is 0 Å². The largest absolute Gasteiger partial charge is 0.324 e. The van der Waals surface area contributed by atoms with Crippen molar-refractivity contribution in [2.75, 3.05) is 12.4 Å². The maximum Gasteiger partial charge on any atom is 0.271 e. The summed E-state index contributed by atoms with van der Waals surface area (Å²) < 4.78 is 28.6. The second-order valence-electron chi connectivity index (χ2n) is 8.79. The third kappa shape index (κ3) is 4.49. The minimum Gasteiger partial charge on any atom is -0.324 e. The van der Waals surface area contributed by atoms with Crippen LogP contribution in [0, 0.1) is 6.92 Å². The van der Waals surface area contributed by atoms with Crippen LogP contribution in [-0.2, 0) is 10.0 Å². The molecule has 1 aromatic carbocycles. The number of halogens is 1. The predicted octanol–water partition coefficient (Wildman–Crippen LogP) is 4.64. The monoisotopic (exact) mass is 489 g/mol. The van der Waals surface area contributed by atoms with Crippen LogP contribution in [0.1, 0.15) is 51.1 Å². The zero-order valence-corrected chi connectivity index (χ0v) is 20.7. The molecular formula is C23H28ClN5O3S. The highest BCUT2D eigenvalue weighted by molar-refractivity contribution is 7.89. The van der Waals surface area contributed by atoms with Crippen LogP contribution >= 0.6 is 11.6 Å². The molecule has 33 heavy (non-hydrogen) atoms. The molecule has 0 aliphatic heterocycles. The van der Waals surface area contributed by atoms with E-state index in [0.717, 1.165) is 31.2 Å². The van der Waals surface area contributed by atoms with Crippen molar-refractivity contribution < 1.29 is 8.42 Å². The van der Waals surface area contributed by atoms with Crippen LogP contribution in [0.4, 0.5) is 11.6 Å². The van der Waals surface area contributed by atoms with Gasteiger partial charge in [-0.2, -0.15) is 9.29 Å². The van der Waals surface area contributed by atoms with Crippen molar-refractivity contribution in [2.24, 2.45) is 0 Å². The average molecular weight is 490 g/mol. The summed E-state index contributed by atoms with van der Waals surface area (Å²) in [5.41, 5.74) is 1.73. The van der Waals surface area contributed by atoms with Crippen molar-refractivity contribution in [3.63, 3.8) is 0 Å². The molecule has 0 saturated heterocycles. The molecule has 4 rings (SSSR count). The predicted molar refractivity (Wildman–Crippen MR) is 131 cm³/mol. The highest BCUT2D eigenvalue weighted by atomic mass is 35.5. The molecule has 2 aromatic heterocycles. The summed E-state index contributed by atoms with van der Waals surface area (Å²) in [6.45, 7) is 5.48. The van der Waals surface area contributed by atoms with Crippen LogP contribution in [0.25, 0.3) is 11.0 Å². The summed E-state index contributed by atoms with van der Waals surface area (Å²) in [4.78, 5) is 22.1. The van der Waals surface area contributed by atoms with Crippen LogP contribution in [0.5, 0.6) is 0 Å². The number of aryl methyl sites for hydroxylation is 1. The zero-order valence-electron chi connectivity index (χ0n) is 19.2. The van der Waals surface area contributed by atoms with E-state index in [0.29, 0.717) is 22.7 Å². The number of hydrogen-bond donors (Lipinski definition) is 1. The van der Waals surface area contributed by atoms with E-state index in [9.17, 15) is 13.2 Å². The van der Waals surface area contributed by atoms with Crippen molar-refractivity contribution in [1.82, 2.24) is 18.8 Å². The van der Waals surface area contributed by atoms with Crippen molar-refractivity contribution in [3.8, 4) is 0 Å². The highest BCUT2D eigenvalue weighted by Gasteiger charge is 2.24. The number of fused-ring (bicyclic) bond motifs is 1. The Labute approximate surface area is 198 Å². The maximum absolute atomic E-state index is 12.8. The molecule has 8 nitrogen and oxygen atoms in total. The Kier molecular flexibility index (Phi) is 6.48. The SMILES string of the molecule is Cc1cc(S(=O)(=O)N(C)C(C)C)ccc1Nc1ncc2cc(Cl)c(=O)n(C3CCCC3)c2n1. The number of benzene rings is 1.